The first-order valence-electron chi connectivity index (χ1n) is 10.0. The van der Waals surface area contributed by atoms with Crippen LogP contribution in [-0.4, -0.2) is 67.8 Å². The zero-order chi connectivity index (χ0) is 22.1. The minimum Gasteiger partial charge on any atom is -0.669 e. The Morgan fingerprint density at radius 2 is 2.13 bits per heavy atom. The normalized spacial score (nSPS) is 25.4. The summed E-state index contributed by atoms with van der Waals surface area (Å²) in [6.07, 6.45) is 3.10. The van der Waals surface area contributed by atoms with Crippen LogP contribution < -0.4 is 15.1 Å². The Morgan fingerprint density at radius 3 is 2.77 bits per heavy atom. The molecule has 1 aromatic heterocycles. The molecule has 2 aromatic rings. The van der Waals surface area contributed by atoms with Crippen molar-refractivity contribution in [3.05, 3.63) is 41.5 Å². The zero-order valence-electron chi connectivity index (χ0n) is 16.7. The summed E-state index contributed by atoms with van der Waals surface area (Å²) in [5.74, 6) is -2.16. The second-order valence-electron chi connectivity index (χ2n) is 8.65. The summed E-state index contributed by atoms with van der Waals surface area (Å²) in [4.78, 5) is 33.0. The molecule has 0 bridgehead atoms. The van der Waals surface area contributed by atoms with Gasteiger partial charge in [0, 0.05) is 6.20 Å². The molecular formula is C19H22BN4O7-. The van der Waals surface area contributed by atoms with Crippen LogP contribution in [0.4, 0.5) is 0 Å². The molecule has 1 aromatic carbocycles. The first kappa shape index (κ1) is 19.9. The van der Waals surface area contributed by atoms with E-state index in [9.17, 15) is 24.7 Å². The van der Waals surface area contributed by atoms with Crippen molar-refractivity contribution < 1.29 is 34.1 Å². The molecule has 164 valence electrons. The largest absolute Gasteiger partial charge is 0.669 e. The lowest BCUT2D eigenvalue weighted by atomic mass is 9.68. The first-order chi connectivity index (χ1) is 14.6. The van der Waals surface area contributed by atoms with Gasteiger partial charge in [0.15, 0.2) is 0 Å². The molecule has 3 heterocycles. The summed E-state index contributed by atoms with van der Waals surface area (Å²) in [6.45, 7) is -1.08. The van der Waals surface area contributed by atoms with Crippen LogP contribution in [0.25, 0.3) is 0 Å². The monoisotopic (exact) mass is 429 g/mol. The molecule has 0 radical (unpaired) electrons. The number of aromatic carboxylic acids is 1. The Hall–Kier alpha value is -3.09. The Bertz CT molecular complexity index is 1070. The number of rotatable bonds is 5. The number of carbonyl (C=O) groups excluding carboxylic acids is 1. The van der Waals surface area contributed by atoms with Crippen LogP contribution in [-0.2, 0) is 10.3 Å². The molecule has 3 aliphatic rings. The summed E-state index contributed by atoms with van der Waals surface area (Å²) in [6, 6.07) is 3.25. The van der Waals surface area contributed by atoms with E-state index in [0.717, 1.165) is 0 Å². The summed E-state index contributed by atoms with van der Waals surface area (Å²) >= 11 is 0. The quantitative estimate of drug-likeness (QED) is 0.402. The Balaban J connectivity index is 1.32. The number of ether oxygens (including phenoxy) is 1. The maximum Gasteiger partial charge on any atom is 0.434 e. The van der Waals surface area contributed by atoms with E-state index in [1.165, 1.54) is 11.2 Å². The van der Waals surface area contributed by atoms with Crippen molar-refractivity contribution in [3.63, 3.8) is 0 Å². The van der Waals surface area contributed by atoms with Gasteiger partial charge in [0.1, 0.15) is 23.0 Å². The number of aromatic amines is 1. The maximum absolute atomic E-state index is 12.7. The van der Waals surface area contributed by atoms with Gasteiger partial charge in [0.05, 0.1) is 30.9 Å². The SMILES string of the molecule is CC(N)(C(=O)N1CC(Oc2ccc3c(c2C(=O)O)O[B-](O)(O)C2CC32)C1)c1c[nH]cn1. The van der Waals surface area contributed by atoms with Crippen molar-refractivity contribution in [2.45, 2.75) is 36.7 Å². The van der Waals surface area contributed by atoms with Gasteiger partial charge in [-0.25, -0.2) is 9.78 Å². The number of likely N-dealkylation sites (tertiary alicyclic amines) is 1. The van der Waals surface area contributed by atoms with Gasteiger partial charge in [-0.1, -0.05) is 18.3 Å². The van der Waals surface area contributed by atoms with Gasteiger partial charge in [0.2, 0.25) is 5.91 Å². The van der Waals surface area contributed by atoms with Gasteiger partial charge in [-0.05, 0) is 24.5 Å². The number of aromatic nitrogens is 2. The van der Waals surface area contributed by atoms with E-state index in [0.29, 0.717) is 17.7 Å². The molecule has 5 rings (SSSR count). The molecule has 3 unspecified atom stereocenters. The van der Waals surface area contributed by atoms with E-state index >= 15 is 0 Å². The van der Waals surface area contributed by atoms with Crippen LogP contribution in [0.15, 0.2) is 24.7 Å². The number of amides is 1. The van der Waals surface area contributed by atoms with Crippen molar-refractivity contribution in [2.24, 2.45) is 5.73 Å². The Kier molecular flexibility index (Phi) is 4.13. The minimum absolute atomic E-state index is 0.0526. The average molecular weight is 429 g/mol. The van der Waals surface area contributed by atoms with Crippen LogP contribution >= 0.6 is 0 Å². The number of nitrogens with two attached hydrogens (primary N) is 1. The minimum atomic E-state index is -3.11. The lowest BCUT2D eigenvalue weighted by Crippen LogP contribution is -2.62. The molecule has 3 atom stereocenters. The van der Waals surface area contributed by atoms with Crippen LogP contribution in [0.3, 0.4) is 0 Å². The van der Waals surface area contributed by atoms with Gasteiger partial charge in [0.25, 0.3) is 0 Å². The fourth-order valence-corrected chi connectivity index (χ4v) is 4.45. The highest BCUT2D eigenvalue weighted by Gasteiger charge is 2.55. The van der Waals surface area contributed by atoms with E-state index in [1.54, 1.807) is 25.3 Å². The van der Waals surface area contributed by atoms with Crippen molar-refractivity contribution in [1.82, 2.24) is 14.9 Å². The van der Waals surface area contributed by atoms with E-state index < -0.39 is 30.2 Å². The summed E-state index contributed by atoms with van der Waals surface area (Å²) in [5.41, 5.74) is 5.67. The molecule has 2 aliphatic heterocycles. The molecule has 31 heavy (non-hydrogen) atoms. The number of fused-ring (bicyclic) bond motifs is 3. The molecular weight excluding hydrogens is 407 g/mol. The standard InChI is InChI=1S/C19H22BN4O7/c1-19(21,14-5-22-8-23-14)18(27)24-6-9(7-24)30-13-3-2-10-11-4-12(11)20(28,29)31-16(10)15(13)17(25)26/h2-3,5,8-9,11-12,28-29H,4,6-7,21H2,1H3,(H,22,23)(H,25,26)/q-1. The van der Waals surface area contributed by atoms with Gasteiger partial charge in [-0.3, -0.25) is 4.79 Å². The molecule has 1 aliphatic carbocycles. The van der Waals surface area contributed by atoms with E-state index in [-0.39, 0.29) is 42.0 Å². The third-order valence-electron chi connectivity index (χ3n) is 6.36. The number of hydrogen-bond donors (Lipinski definition) is 5. The second-order valence-corrected chi connectivity index (χ2v) is 8.65. The maximum atomic E-state index is 12.7. The van der Waals surface area contributed by atoms with E-state index in [4.69, 9.17) is 15.1 Å². The fourth-order valence-electron chi connectivity index (χ4n) is 4.45. The highest BCUT2D eigenvalue weighted by Crippen LogP contribution is 2.63. The predicted octanol–water partition coefficient (Wildman–Crippen LogP) is -0.255. The van der Waals surface area contributed by atoms with Crippen LogP contribution in [0.1, 0.15) is 40.9 Å². The molecule has 1 amide bonds. The van der Waals surface area contributed by atoms with Crippen molar-refractivity contribution in [2.75, 3.05) is 13.1 Å². The second kappa shape index (κ2) is 6.46. The third kappa shape index (κ3) is 3.06. The number of imidazole rings is 1. The first-order valence-corrected chi connectivity index (χ1v) is 10.0. The molecule has 12 heteroatoms. The van der Waals surface area contributed by atoms with Crippen molar-refractivity contribution in [1.29, 1.82) is 0 Å². The van der Waals surface area contributed by atoms with Crippen molar-refractivity contribution in [3.8, 4) is 11.5 Å². The van der Waals surface area contributed by atoms with Gasteiger partial charge in [-0.15, -0.1) is 0 Å². The number of carboxylic acids is 1. The van der Waals surface area contributed by atoms with Gasteiger partial charge in [-0.2, -0.15) is 0 Å². The lowest BCUT2D eigenvalue weighted by molar-refractivity contribution is -0.145. The molecule has 11 nitrogen and oxygen atoms in total. The lowest BCUT2D eigenvalue weighted by Gasteiger charge is -2.42. The predicted molar refractivity (Wildman–Crippen MR) is 106 cm³/mol. The van der Waals surface area contributed by atoms with Crippen molar-refractivity contribution >= 4 is 18.6 Å². The van der Waals surface area contributed by atoms with E-state index in [2.05, 4.69) is 9.97 Å². The molecule has 0 spiro atoms. The van der Waals surface area contributed by atoms with Crippen LogP contribution in [0, 0.1) is 0 Å². The van der Waals surface area contributed by atoms with E-state index in [1.807, 2.05) is 0 Å². The average Bonchev–Trinajstić information content (AvgIpc) is 3.29. The van der Waals surface area contributed by atoms with Crippen LogP contribution in [0.2, 0.25) is 5.82 Å². The smallest absolute Gasteiger partial charge is 0.434 e. The van der Waals surface area contributed by atoms with Crippen LogP contribution in [0.5, 0.6) is 11.5 Å². The number of H-pyrrole nitrogens is 1. The number of carboxylic acid groups (broad SMARTS) is 1. The van der Waals surface area contributed by atoms with Gasteiger partial charge < -0.3 is 40.2 Å². The van der Waals surface area contributed by atoms with Gasteiger partial charge >= 0.3 is 12.7 Å². The highest BCUT2D eigenvalue weighted by atomic mass is 16.6. The number of nitrogens with one attached hydrogen (secondary N) is 1. The molecule has 6 N–H and O–H groups in total. The molecule has 1 saturated carbocycles. The number of carbonyl (C=O) groups is 2. The number of hydrogen-bond acceptors (Lipinski definition) is 8. The number of benzene rings is 1. The highest BCUT2D eigenvalue weighted by molar-refractivity contribution is 6.62. The Labute approximate surface area is 176 Å². The molecule has 1 saturated heterocycles. The Morgan fingerprint density at radius 1 is 1.39 bits per heavy atom. The molecule has 2 fully saturated rings. The third-order valence-corrected chi connectivity index (χ3v) is 6.36. The summed E-state index contributed by atoms with van der Waals surface area (Å²) < 4.78 is 11.1. The topological polar surface area (TPSA) is 171 Å². The zero-order valence-corrected chi connectivity index (χ0v) is 16.7. The number of nitrogens with zero attached hydrogens (tertiary/aromatic N) is 2. The summed E-state index contributed by atoms with van der Waals surface area (Å²) in [7, 11) is 0. The summed E-state index contributed by atoms with van der Waals surface area (Å²) in [5, 5.41) is 30.0. The fraction of sp³-hybridized carbons (Fsp3) is 0.421.